The van der Waals surface area contributed by atoms with Crippen LogP contribution in [0, 0.1) is 13.8 Å². The summed E-state index contributed by atoms with van der Waals surface area (Å²) in [6, 6.07) is 5.30. The van der Waals surface area contributed by atoms with Gasteiger partial charge in [0.05, 0.1) is 22.8 Å². The van der Waals surface area contributed by atoms with E-state index in [1.807, 2.05) is 19.9 Å². The van der Waals surface area contributed by atoms with Gasteiger partial charge in [0.25, 0.3) is 0 Å². The number of sulfonamides is 1. The molecule has 118 valence electrons. The molecule has 1 fully saturated rings. The topological polar surface area (TPSA) is 66.4 Å². The van der Waals surface area contributed by atoms with E-state index in [-0.39, 0.29) is 0 Å². The molecule has 0 radical (unpaired) electrons. The van der Waals surface area contributed by atoms with Crippen LogP contribution < -0.4 is 4.90 Å². The fourth-order valence-electron chi connectivity index (χ4n) is 2.48. The Morgan fingerprint density at radius 3 is 2.41 bits per heavy atom. The predicted octanol–water partition coefficient (Wildman–Crippen LogP) is 1.67. The Hall–Kier alpha value is -1.51. The summed E-state index contributed by atoms with van der Waals surface area (Å²) in [6.07, 6.45) is 1.72. The quantitative estimate of drug-likeness (QED) is 0.852. The third-order valence-corrected chi connectivity index (χ3v) is 6.39. The lowest BCUT2D eigenvalue weighted by atomic mass is 10.1. The van der Waals surface area contributed by atoms with Crippen LogP contribution in [0.1, 0.15) is 11.1 Å². The van der Waals surface area contributed by atoms with E-state index >= 15 is 0 Å². The molecule has 22 heavy (non-hydrogen) atoms. The molecule has 0 N–H and O–H groups in total. The summed E-state index contributed by atoms with van der Waals surface area (Å²) in [5.41, 5.74) is 2.09. The first kappa shape index (κ1) is 15.4. The third-order valence-electron chi connectivity index (χ3n) is 4.03. The molecule has 0 atom stereocenters. The Morgan fingerprint density at radius 1 is 1.09 bits per heavy atom. The van der Waals surface area contributed by atoms with Gasteiger partial charge < -0.3 is 4.90 Å². The largest absolute Gasteiger partial charge is 0.352 e. The van der Waals surface area contributed by atoms with Gasteiger partial charge in [0.1, 0.15) is 0 Å². The second kappa shape index (κ2) is 5.94. The zero-order chi connectivity index (χ0) is 15.7. The lowest BCUT2D eigenvalue weighted by Crippen LogP contribution is -2.48. The number of anilines is 1. The summed E-state index contributed by atoms with van der Waals surface area (Å²) in [6.45, 7) is 6.11. The second-order valence-corrected chi connectivity index (χ2v) is 7.90. The van der Waals surface area contributed by atoms with E-state index in [0.717, 1.165) is 16.9 Å². The Morgan fingerprint density at radius 2 is 1.82 bits per heavy atom. The van der Waals surface area contributed by atoms with Crippen molar-refractivity contribution >= 4 is 27.6 Å². The van der Waals surface area contributed by atoms with Crippen molar-refractivity contribution < 1.29 is 8.42 Å². The molecule has 0 saturated carbocycles. The van der Waals surface area contributed by atoms with Crippen LogP contribution in [0.3, 0.4) is 0 Å². The molecule has 3 rings (SSSR count). The van der Waals surface area contributed by atoms with E-state index in [1.165, 1.54) is 11.7 Å². The average Bonchev–Trinajstić information content (AvgIpc) is 3.04. The van der Waals surface area contributed by atoms with Gasteiger partial charge in [0.2, 0.25) is 10.0 Å². The minimum absolute atomic E-state index is 0.374. The van der Waals surface area contributed by atoms with Crippen molar-refractivity contribution in [2.24, 2.45) is 0 Å². The van der Waals surface area contributed by atoms with Gasteiger partial charge in [-0.05, 0) is 37.1 Å². The molecule has 1 aromatic heterocycles. The number of piperazine rings is 1. The lowest BCUT2D eigenvalue weighted by molar-refractivity contribution is 0.384. The lowest BCUT2D eigenvalue weighted by Gasteiger charge is -2.33. The van der Waals surface area contributed by atoms with Crippen LogP contribution in [-0.2, 0) is 10.0 Å². The summed E-state index contributed by atoms with van der Waals surface area (Å²) >= 11 is 1.17. The third kappa shape index (κ3) is 2.86. The smallest absolute Gasteiger partial charge is 0.243 e. The Bertz CT molecular complexity index is 751. The van der Waals surface area contributed by atoms with Gasteiger partial charge >= 0.3 is 0 Å². The standard InChI is InChI=1S/C14H18N4O2S2/c1-11-3-4-13(9-12(11)2)22(19,20)18-7-5-17(6-8-18)14-10-15-21-16-14/h3-4,9-10H,5-8H2,1-2H3. The number of aryl methyl sites for hydroxylation is 2. The molecule has 1 aliphatic heterocycles. The molecule has 1 aliphatic rings. The first-order chi connectivity index (χ1) is 10.5. The highest BCUT2D eigenvalue weighted by Crippen LogP contribution is 2.22. The maximum Gasteiger partial charge on any atom is 0.243 e. The first-order valence-electron chi connectivity index (χ1n) is 7.08. The molecular formula is C14H18N4O2S2. The second-order valence-electron chi connectivity index (χ2n) is 5.40. The van der Waals surface area contributed by atoms with Crippen molar-refractivity contribution in [3.8, 4) is 0 Å². The van der Waals surface area contributed by atoms with E-state index in [9.17, 15) is 8.42 Å². The molecule has 2 aromatic rings. The van der Waals surface area contributed by atoms with E-state index in [2.05, 4.69) is 13.6 Å². The average molecular weight is 338 g/mol. The van der Waals surface area contributed by atoms with Crippen molar-refractivity contribution in [1.82, 2.24) is 13.1 Å². The predicted molar refractivity (Wildman–Crippen MR) is 86.8 cm³/mol. The molecule has 8 heteroatoms. The Balaban J connectivity index is 1.75. The van der Waals surface area contributed by atoms with Gasteiger partial charge in [-0.1, -0.05) is 6.07 Å². The van der Waals surface area contributed by atoms with Crippen LogP contribution in [0.2, 0.25) is 0 Å². The van der Waals surface area contributed by atoms with Crippen LogP contribution in [-0.4, -0.2) is 47.6 Å². The maximum absolute atomic E-state index is 12.7. The molecule has 0 aliphatic carbocycles. The van der Waals surface area contributed by atoms with Gasteiger partial charge in [-0.3, -0.25) is 0 Å². The highest BCUT2D eigenvalue weighted by Gasteiger charge is 2.29. The van der Waals surface area contributed by atoms with Crippen LogP contribution in [0.4, 0.5) is 5.82 Å². The van der Waals surface area contributed by atoms with Gasteiger partial charge in [0, 0.05) is 26.2 Å². The van der Waals surface area contributed by atoms with Crippen molar-refractivity contribution in [2.45, 2.75) is 18.7 Å². The highest BCUT2D eigenvalue weighted by molar-refractivity contribution is 7.89. The SMILES string of the molecule is Cc1ccc(S(=O)(=O)N2CCN(c3cnsn3)CC2)cc1C. The van der Waals surface area contributed by atoms with E-state index < -0.39 is 10.0 Å². The summed E-state index contributed by atoms with van der Waals surface area (Å²) in [5, 5.41) is 0. The maximum atomic E-state index is 12.7. The summed E-state index contributed by atoms with van der Waals surface area (Å²) in [5.74, 6) is 0.827. The molecule has 0 amide bonds. The van der Waals surface area contributed by atoms with Gasteiger partial charge in [-0.15, -0.1) is 0 Å². The molecule has 0 bridgehead atoms. The Kier molecular flexibility index (Phi) is 4.16. The number of aromatic nitrogens is 2. The van der Waals surface area contributed by atoms with Crippen molar-refractivity contribution in [3.63, 3.8) is 0 Å². The van der Waals surface area contributed by atoms with Gasteiger partial charge in [-0.25, -0.2) is 8.42 Å². The van der Waals surface area contributed by atoms with Crippen molar-refractivity contribution in [1.29, 1.82) is 0 Å². The van der Waals surface area contributed by atoms with Crippen molar-refractivity contribution in [2.75, 3.05) is 31.1 Å². The summed E-state index contributed by atoms with van der Waals surface area (Å²) in [7, 11) is -3.42. The molecule has 1 aromatic carbocycles. The van der Waals surface area contributed by atoms with E-state index in [4.69, 9.17) is 0 Å². The minimum Gasteiger partial charge on any atom is -0.352 e. The van der Waals surface area contributed by atoms with Gasteiger partial charge in [-0.2, -0.15) is 13.1 Å². The first-order valence-corrected chi connectivity index (χ1v) is 9.25. The molecule has 0 unspecified atom stereocenters. The zero-order valence-corrected chi connectivity index (χ0v) is 14.2. The molecule has 1 saturated heterocycles. The zero-order valence-electron chi connectivity index (χ0n) is 12.6. The van der Waals surface area contributed by atoms with Crippen LogP contribution >= 0.6 is 11.7 Å². The number of hydrogen-bond acceptors (Lipinski definition) is 6. The molecular weight excluding hydrogens is 320 g/mol. The number of hydrogen-bond donors (Lipinski definition) is 0. The number of benzene rings is 1. The molecule has 6 nitrogen and oxygen atoms in total. The summed E-state index contributed by atoms with van der Waals surface area (Å²) in [4.78, 5) is 2.44. The minimum atomic E-state index is -3.42. The molecule has 2 heterocycles. The Labute approximate surface area is 134 Å². The number of nitrogens with zero attached hydrogens (tertiary/aromatic N) is 4. The van der Waals surface area contributed by atoms with Crippen LogP contribution in [0.15, 0.2) is 29.3 Å². The van der Waals surface area contributed by atoms with E-state index in [1.54, 1.807) is 22.6 Å². The van der Waals surface area contributed by atoms with Gasteiger partial charge in [0.15, 0.2) is 5.82 Å². The molecule has 0 spiro atoms. The normalized spacial score (nSPS) is 16.9. The summed E-state index contributed by atoms with van der Waals surface area (Å²) < 4.78 is 35.2. The van der Waals surface area contributed by atoms with E-state index in [0.29, 0.717) is 31.1 Å². The van der Waals surface area contributed by atoms with Crippen LogP contribution in [0.5, 0.6) is 0 Å². The fourth-order valence-corrected chi connectivity index (χ4v) is 4.42. The highest BCUT2D eigenvalue weighted by atomic mass is 32.2. The number of rotatable bonds is 3. The van der Waals surface area contributed by atoms with Crippen molar-refractivity contribution in [3.05, 3.63) is 35.5 Å². The van der Waals surface area contributed by atoms with Crippen LogP contribution in [0.25, 0.3) is 0 Å². The fraction of sp³-hybridized carbons (Fsp3) is 0.429. The monoisotopic (exact) mass is 338 g/mol.